The van der Waals surface area contributed by atoms with E-state index in [1.54, 1.807) is 13.3 Å². The highest BCUT2D eigenvalue weighted by atomic mass is 16.5. The van der Waals surface area contributed by atoms with E-state index >= 15 is 0 Å². The third kappa shape index (κ3) is 3.16. The number of hydrogen-bond donors (Lipinski definition) is 1. The van der Waals surface area contributed by atoms with Crippen LogP contribution in [0.15, 0.2) is 30.5 Å². The number of aromatic nitrogens is 1. The van der Waals surface area contributed by atoms with E-state index in [9.17, 15) is 4.79 Å². The highest BCUT2D eigenvalue weighted by molar-refractivity contribution is 6.34. The number of carbonyl (C=O) groups excluding carboxylic acids is 1. The molecule has 0 spiro atoms. The molecule has 1 amide bonds. The molecule has 1 N–H and O–H groups in total. The Morgan fingerprint density at radius 3 is 2.32 bits per heavy atom. The van der Waals surface area contributed by atoms with Crippen molar-refractivity contribution in [3.63, 3.8) is 0 Å². The van der Waals surface area contributed by atoms with Gasteiger partial charge in [-0.2, -0.15) is 0 Å². The lowest BCUT2D eigenvalue weighted by molar-refractivity contribution is -0.110. The molecule has 3 rings (SSSR count). The molecule has 0 unspecified atom stereocenters. The van der Waals surface area contributed by atoms with Crippen LogP contribution in [-0.2, 0) is 4.79 Å². The maximum absolute atomic E-state index is 12.4. The molecule has 130 valence electrons. The van der Waals surface area contributed by atoms with Crippen LogP contribution in [0.4, 0.5) is 5.82 Å². The zero-order valence-electron chi connectivity index (χ0n) is 15.4. The third-order valence-electron chi connectivity index (χ3n) is 4.50. The van der Waals surface area contributed by atoms with Crippen molar-refractivity contribution in [3.05, 3.63) is 52.7 Å². The smallest absolute Gasteiger partial charge is 0.257 e. The maximum Gasteiger partial charge on any atom is 0.257 e. The minimum absolute atomic E-state index is 0.110. The van der Waals surface area contributed by atoms with Crippen LogP contribution in [0.1, 0.15) is 61.8 Å². The number of fused-ring (bicyclic) bond motifs is 1. The molecule has 0 saturated carbocycles. The first-order chi connectivity index (χ1) is 11.9. The molecular formula is C21H24N2O2. The molecular weight excluding hydrogens is 312 g/mol. The molecule has 0 fully saturated rings. The van der Waals surface area contributed by atoms with Crippen molar-refractivity contribution in [3.8, 4) is 5.75 Å². The number of carbonyl (C=O) groups is 1. The Bertz CT molecular complexity index is 822. The van der Waals surface area contributed by atoms with E-state index in [2.05, 4.69) is 50.1 Å². The quantitative estimate of drug-likeness (QED) is 0.814. The molecule has 1 aromatic heterocycles. The van der Waals surface area contributed by atoms with Gasteiger partial charge in [0.25, 0.3) is 5.91 Å². The first-order valence-corrected chi connectivity index (χ1v) is 8.62. The molecule has 1 aliphatic heterocycles. The molecule has 25 heavy (non-hydrogen) atoms. The number of amides is 1. The molecule has 2 heterocycles. The molecule has 4 nitrogen and oxygen atoms in total. The van der Waals surface area contributed by atoms with Crippen molar-refractivity contribution in [1.29, 1.82) is 0 Å². The number of nitrogens with one attached hydrogen (secondary N) is 1. The van der Waals surface area contributed by atoms with Crippen LogP contribution >= 0.6 is 0 Å². The molecule has 1 aliphatic rings. The molecule has 0 radical (unpaired) electrons. The summed E-state index contributed by atoms with van der Waals surface area (Å²) >= 11 is 0. The van der Waals surface area contributed by atoms with Crippen LogP contribution in [0.2, 0.25) is 0 Å². The molecule has 0 bridgehead atoms. The van der Waals surface area contributed by atoms with Crippen molar-refractivity contribution >= 4 is 23.4 Å². The van der Waals surface area contributed by atoms with E-state index in [1.807, 2.05) is 18.2 Å². The molecule has 2 aromatic rings. The number of rotatable bonds is 4. The number of benzene rings is 1. The summed E-state index contributed by atoms with van der Waals surface area (Å²) in [6, 6.07) is 8.00. The Hall–Kier alpha value is -2.62. The van der Waals surface area contributed by atoms with Crippen LogP contribution in [0.25, 0.3) is 11.6 Å². The van der Waals surface area contributed by atoms with Gasteiger partial charge in [-0.05, 0) is 58.9 Å². The predicted molar refractivity (Wildman–Crippen MR) is 102 cm³/mol. The molecule has 1 aromatic carbocycles. The number of ether oxygens (including phenoxy) is 1. The van der Waals surface area contributed by atoms with Crippen LogP contribution < -0.4 is 10.1 Å². The summed E-state index contributed by atoms with van der Waals surface area (Å²) < 4.78 is 5.69. The van der Waals surface area contributed by atoms with Gasteiger partial charge in [0.2, 0.25) is 0 Å². The van der Waals surface area contributed by atoms with Crippen molar-refractivity contribution in [2.24, 2.45) is 0 Å². The highest BCUT2D eigenvalue weighted by Crippen LogP contribution is 2.37. The number of anilines is 1. The van der Waals surface area contributed by atoms with Gasteiger partial charge >= 0.3 is 0 Å². The van der Waals surface area contributed by atoms with Gasteiger partial charge < -0.3 is 10.1 Å². The monoisotopic (exact) mass is 336 g/mol. The van der Waals surface area contributed by atoms with E-state index in [1.165, 1.54) is 0 Å². The Kier molecular flexibility index (Phi) is 4.62. The van der Waals surface area contributed by atoms with Crippen LogP contribution in [0.5, 0.6) is 5.75 Å². The van der Waals surface area contributed by atoms with Gasteiger partial charge in [0, 0.05) is 11.8 Å². The summed E-state index contributed by atoms with van der Waals surface area (Å²) in [7, 11) is 1.72. The average Bonchev–Trinajstić information content (AvgIpc) is 2.89. The van der Waals surface area contributed by atoms with Crippen LogP contribution in [0.3, 0.4) is 0 Å². The molecule has 0 atom stereocenters. The van der Waals surface area contributed by atoms with E-state index in [0.29, 0.717) is 23.2 Å². The van der Waals surface area contributed by atoms with Gasteiger partial charge in [-0.1, -0.05) is 27.7 Å². The SMILES string of the molecule is COc1c(C(C)C)cc(C=C2C(=O)Nc3ncccc32)cc1C(C)C. The van der Waals surface area contributed by atoms with Gasteiger partial charge in [0.1, 0.15) is 11.6 Å². The summed E-state index contributed by atoms with van der Waals surface area (Å²) in [5.74, 6) is 2.13. The molecule has 0 aliphatic carbocycles. The lowest BCUT2D eigenvalue weighted by Crippen LogP contribution is -2.05. The van der Waals surface area contributed by atoms with E-state index < -0.39 is 0 Å². The Balaban J connectivity index is 2.17. The Morgan fingerprint density at radius 1 is 1.12 bits per heavy atom. The lowest BCUT2D eigenvalue weighted by atomic mass is 9.90. The van der Waals surface area contributed by atoms with Gasteiger partial charge in [-0.3, -0.25) is 4.79 Å². The van der Waals surface area contributed by atoms with Crippen molar-refractivity contribution in [2.45, 2.75) is 39.5 Å². The van der Waals surface area contributed by atoms with Crippen molar-refractivity contribution in [1.82, 2.24) is 4.98 Å². The van der Waals surface area contributed by atoms with Gasteiger partial charge in [-0.25, -0.2) is 4.98 Å². The zero-order chi connectivity index (χ0) is 18.1. The topological polar surface area (TPSA) is 51.2 Å². The summed E-state index contributed by atoms with van der Waals surface area (Å²) in [5, 5.41) is 2.82. The van der Waals surface area contributed by atoms with E-state index in [-0.39, 0.29) is 5.91 Å². The maximum atomic E-state index is 12.4. The Morgan fingerprint density at radius 2 is 1.76 bits per heavy atom. The number of methoxy groups -OCH3 is 1. The summed E-state index contributed by atoms with van der Waals surface area (Å²) in [4.78, 5) is 16.6. The summed E-state index contributed by atoms with van der Waals surface area (Å²) in [6.07, 6.45) is 3.63. The van der Waals surface area contributed by atoms with Gasteiger partial charge in [0.15, 0.2) is 0 Å². The first kappa shape index (κ1) is 17.2. The average molecular weight is 336 g/mol. The first-order valence-electron chi connectivity index (χ1n) is 8.62. The van der Waals surface area contributed by atoms with Gasteiger partial charge in [0.05, 0.1) is 12.7 Å². The second-order valence-electron chi connectivity index (χ2n) is 6.95. The number of nitrogens with zero attached hydrogens (tertiary/aromatic N) is 1. The fourth-order valence-corrected chi connectivity index (χ4v) is 3.20. The normalized spacial score (nSPS) is 15.0. The minimum Gasteiger partial charge on any atom is -0.496 e. The van der Waals surface area contributed by atoms with E-state index in [0.717, 1.165) is 28.0 Å². The fourth-order valence-electron chi connectivity index (χ4n) is 3.20. The predicted octanol–water partition coefficient (Wildman–Crippen LogP) is 4.83. The number of hydrogen-bond acceptors (Lipinski definition) is 3. The van der Waals surface area contributed by atoms with Crippen molar-refractivity contribution < 1.29 is 9.53 Å². The second kappa shape index (κ2) is 6.71. The zero-order valence-corrected chi connectivity index (χ0v) is 15.4. The van der Waals surface area contributed by atoms with Gasteiger partial charge in [-0.15, -0.1) is 0 Å². The standard InChI is InChI=1S/C21H24N2O2/c1-12(2)16-9-14(10-17(13(3)4)19(16)25-5)11-18-15-7-6-8-22-20(15)23-21(18)24/h6-13H,1-5H3,(H,22,23,24). The fraction of sp³-hybridized carbons (Fsp3) is 0.333. The van der Waals surface area contributed by atoms with E-state index in [4.69, 9.17) is 4.74 Å². The van der Waals surface area contributed by atoms with Crippen LogP contribution in [-0.4, -0.2) is 18.0 Å². The minimum atomic E-state index is -0.110. The largest absolute Gasteiger partial charge is 0.496 e. The molecule has 0 saturated heterocycles. The second-order valence-corrected chi connectivity index (χ2v) is 6.95. The number of pyridine rings is 1. The summed E-state index contributed by atoms with van der Waals surface area (Å²) in [5.41, 5.74) is 4.82. The lowest BCUT2D eigenvalue weighted by Gasteiger charge is -2.19. The van der Waals surface area contributed by atoms with Crippen molar-refractivity contribution in [2.75, 3.05) is 12.4 Å². The highest BCUT2D eigenvalue weighted by Gasteiger charge is 2.25. The third-order valence-corrected chi connectivity index (χ3v) is 4.50. The van der Waals surface area contributed by atoms with Crippen LogP contribution in [0, 0.1) is 0 Å². The summed E-state index contributed by atoms with van der Waals surface area (Å²) in [6.45, 7) is 8.61. The Labute approximate surface area is 148 Å². The molecule has 4 heteroatoms.